The van der Waals surface area contributed by atoms with Crippen LogP contribution in [0.25, 0.3) is 0 Å². The number of nitrogens with zero attached hydrogens (tertiary/aromatic N) is 1. The van der Waals surface area contributed by atoms with Crippen LogP contribution in [0.2, 0.25) is 0 Å². The van der Waals surface area contributed by atoms with Crippen molar-refractivity contribution in [1.82, 2.24) is 10.3 Å². The quantitative estimate of drug-likeness (QED) is 0.530. The van der Waals surface area contributed by atoms with Crippen LogP contribution >= 0.6 is 0 Å². The Bertz CT molecular complexity index is 231. The summed E-state index contributed by atoms with van der Waals surface area (Å²) >= 11 is 0. The summed E-state index contributed by atoms with van der Waals surface area (Å²) in [4.78, 5) is 4.21. The first kappa shape index (κ1) is 9.93. The number of pyridine rings is 1. The molecular formula is C11H16N2. The van der Waals surface area contributed by atoms with Gasteiger partial charge in [0.15, 0.2) is 0 Å². The molecule has 70 valence electrons. The van der Waals surface area contributed by atoms with Crippen molar-refractivity contribution in [2.75, 3.05) is 6.54 Å². The van der Waals surface area contributed by atoms with E-state index in [1.807, 2.05) is 30.5 Å². The largest absolute Gasteiger partial charge is 0.311 e. The molecule has 1 aromatic heterocycles. The van der Waals surface area contributed by atoms with Gasteiger partial charge in [-0.15, -0.1) is 6.58 Å². The Hall–Kier alpha value is -1.15. The maximum absolute atomic E-state index is 4.21. The maximum atomic E-state index is 4.21. The molecule has 1 N–H and O–H groups in total. The molecule has 0 atom stereocenters. The monoisotopic (exact) mass is 176 g/mol. The molecule has 0 aliphatic carbocycles. The molecular weight excluding hydrogens is 160 g/mol. The third-order valence-electron chi connectivity index (χ3n) is 1.79. The van der Waals surface area contributed by atoms with Gasteiger partial charge in [-0.3, -0.25) is 4.98 Å². The van der Waals surface area contributed by atoms with Crippen molar-refractivity contribution < 1.29 is 0 Å². The van der Waals surface area contributed by atoms with Crippen LogP contribution < -0.4 is 5.32 Å². The fourth-order valence-corrected chi connectivity index (χ4v) is 1.09. The molecule has 2 nitrogen and oxygen atoms in total. The molecule has 0 unspecified atom stereocenters. The summed E-state index contributed by atoms with van der Waals surface area (Å²) in [5, 5.41) is 3.33. The van der Waals surface area contributed by atoms with E-state index in [0.29, 0.717) is 0 Å². The van der Waals surface area contributed by atoms with Crippen LogP contribution in [0, 0.1) is 0 Å². The molecule has 1 aromatic rings. The first-order chi connectivity index (χ1) is 6.43. The van der Waals surface area contributed by atoms with Crippen LogP contribution in [0.4, 0.5) is 0 Å². The molecule has 2 heteroatoms. The first-order valence-electron chi connectivity index (χ1n) is 4.65. The van der Waals surface area contributed by atoms with Gasteiger partial charge in [0.2, 0.25) is 0 Å². The molecule has 0 aromatic carbocycles. The predicted octanol–water partition coefficient (Wildman–Crippen LogP) is 2.14. The maximum Gasteiger partial charge on any atom is 0.0541 e. The molecule has 1 heterocycles. The van der Waals surface area contributed by atoms with Gasteiger partial charge < -0.3 is 5.32 Å². The highest BCUT2D eigenvalue weighted by atomic mass is 14.9. The van der Waals surface area contributed by atoms with Crippen molar-refractivity contribution in [1.29, 1.82) is 0 Å². The van der Waals surface area contributed by atoms with Gasteiger partial charge in [0, 0.05) is 12.7 Å². The molecule has 0 spiro atoms. The van der Waals surface area contributed by atoms with E-state index < -0.39 is 0 Å². The van der Waals surface area contributed by atoms with Crippen molar-refractivity contribution in [2.24, 2.45) is 0 Å². The molecule has 0 fully saturated rings. The van der Waals surface area contributed by atoms with Crippen LogP contribution in [0.15, 0.2) is 37.1 Å². The van der Waals surface area contributed by atoms with Crippen LogP contribution in [0.3, 0.4) is 0 Å². The second kappa shape index (κ2) is 6.38. The fourth-order valence-electron chi connectivity index (χ4n) is 1.09. The normalized spacial score (nSPS) is 9.85. The molecule has 0 aliphatic heterocycles. The third-order valence-corrected chi connectivity index (χ3v) is 1.79. The Morgan fingerprint density at radius 2 is 2.38 bits per heavy atom. The van der Waals surface area contributed by atoms with Crippen molar-refractivity contribution in [3.63, 3.8) is 0 Å². The van der Waals surface area contributed by atoms with Gasteiger partial charge in [-0.05, 0) is 31.5 Å². The minimum Gasteiger partial charge on any atom is -0.311 e. The van der Waals surface area contributed by atoms with Gasteiger partial charge in [-0.25, -0.2) is 0 Å². The Balaban J connectivity index is 2.10. The van der Waals surface area contributed by atoms with Gasteiger partial charge >= 0.3 is 0 Å². The van der Waals surface area contributed by atoms with Crippen LogP contribution in [-0.2, 0) is 6.54 Å². The molecule has 0 bridgehead atoms. The summed E-state index contributed by atoms with van der Waals surface area (Å²) in [7, 11) is 0. The highest BCUT2D eigenvalue weighted by molar-refractivity contribution is 5.02. The van der Waals surface area contributed by atoms with E-state index in [4.69, 9.17) is 0 Å². The predicted molar refractivity (Wildman–Crippen MR) is 55.4 cm³/mol. The van der Waals surface area contributed by atoms with Crippen LogP contribution in [0.1, 0.15) is 18.5 Å². The highest BCUT2D eigenvalue weighted by Crippen LogP contribution is 1.92. The number of hydrogen-bond donors (Lipinski definition) is 1. The van der Waals surface area contributed by atoms with Crippen LogP contribution in [-0.4, -0.2) is 11.5 Å². The van der Waals surface area contributed by atoms with E-state index in [-0.39, 0.29) is 0 Å². The van der Waals surface area contributed by atoms with E-state index in [1.54, 1.807) is 0 Å². The fraction of sp³-hybridized carbons (Fsp3) is 0.364. The van der Waals surface area contributed by atoms with Gasteiger partial charge in [0.25, 0.3) is 0 Å². The van der Waals surface area contributed by atoms with Crippen molar-refractivity contribution in [3.05, 3.63) is 42.7 Å². The first-order valence-corrected chi connectivity index (χ1v) is 4.65. The lowest BCUT2D eigenvalue weighted by Gasteiger charge is -2.02. The molecule has 0 saturated carbocycles. The zero-order valence-electron chi connectivity index (χ0n) is 7.87. The van der Waals surface area contributed by atoms with Gasteiger partial charge in [-0.2, -0.15) is 0 Å². The lowest BCUT2D eigenvalue weighted by molar-refractivity contribution is 0.646. The summed E-state index contributed by atoms with van der Waals surface area (Å²) in [6, 6.07) is 5.97. The number of aromatic nitrogens is 1. The van der Waals surface area contributed by atoms with Gasteiger partial charge in [0.05, 0.1) is 5.69 Å². The second-order valence-electron chi connectivity index (χ2n) is 2.93. The average molecular weight is 176 g/mol. The molecule has 13 heavy (non-hydrogen) atoms. The van der Waals surface area contributed by atoms with E-state index in [1.165, 1.54) is 0 Å². The minimum absolute atomic E-state index is 0.859. The van der Waals surface area contributed by atoms with E-state index in [2.05, 4.69) is 16.9 Å². The summed E-state index contributed by atoms with van der Waals surface area (Å²) in [6.07, 6.45) is 5.99. The SMILES string of the molecule is C=CCCCNCc1ccccn1. The number of hydrogen-bond acceptors (Lipinski definition) is 2. The number of rotatable bonds is 6. The third kappa shape index (κ3) is 4.43. The Morgan fingerprint density at radius 3 is 3.08 bits per heavy atom. The standard InChI is InChI=1S/C11H16N2/c1-2-3-5-8-12-10-11-7-4-6-9-13-11/h2,4,6-7,9,12H,1,3,5,8,10H2. The van der Waals surface area contributed by atoms with Gasteiger partial charge in [0.1, 0.15) is 0 Å². The lowest BCUT2D eigenvalue weighted by atomic mass is 10.3. The Labute approximate surface area is 79.7 Å². The van der Waals surface area contributed by atoms with Crippen molar-refractivity contribution in [3.8, 4) is 0 Å². The molecule has 0 aliphatic rings. The number of nitrogens with one attached hydrogen (secondary N) is 1. The summed E-state index contributed by atoms with van der Waals surface area (Å²) < 4.78 is 0. The van der Waals surface area contributed by atoms with Gasteiger partial charge in [-0.1, -0.05) is 12.1 Å². The average Bonchev–Trinajstić information content (AvgIpc) is 2.19. The minimum atomic E-state index is 0.859. The Morgan fingerprint density at radius 1 is 1.46 bits per heavy atom. The summed E-state index contributed by atoms with van der Waals surface area (Å²) in [6.45, 7) is 5.57. The molecule has 0 amide bonds. The van der Waals surface area contributed by atoms with Crippen molar-refractivity contribution in [2.45, 2.75) is 19.4 Å². The van der Waals surface area contributed by atoms with E-state index in [0.717, 1.165) is 31.6 Å². The smallest absolute Gasteiger partial charge is 0.0541 e. The lowest BCUT2D eigenvalue weighted by Crippen LogP contribution is -2.15. The molecule has 1 rings (SSSR count). The number of allylic oxidation sites excluding steroid dienone is 1. The van der Waals surface area contributed by atoms with E-state index in [9.17, 15) is 0 Å². The second-order valence-corrected chi connectivity index (χ2v) is 2.93. The van der Waals surface area contributed by atoms with Crippen LogP contribution in [0.5, 0.6) is 0 Å². The van der Waals surface area contributed by atoms with E-state index >= 15 is 0 Å². The topological polar surface area (TPSA) is 24.9 Å². The number of unbranched alkanes of at least 4 members (excludes halogenated alkanes) is 1. The zero-order chi connectivity index (χ0) is 9.36. The zero-order valence-corrected chi connectivity index (χ0v) is 7.87. The Kier molecular flexibility index (Phi) is 4.87. The van der Waals surface area contributed by atoms with Crippen molar-refractivity contribution >= 4 is 0 Å². The molecule has 0 saturated heterocycles. The molecule has 0 radical (unpaired) electrons. The summed E-state index contributed by atoms with van der Waals surface area (Å²) in [5.74, 6) is 0. The summed E-state index contributed by atoms with van der Waals surface area (Å²) in [5.41, 5.74) is 1.10. The highest BCUT2D eigenvalue weighted by Gasteiger charge is 1.90.